The highest BCUT2D eigenvalue weighted by Gasteiger charge is 2.28. The van der Waals surface area contributed by atoms with Gasteiger partial charge in [-0.25, -0.2) is 0 Å². The van der Waals surface area contributed by atoms with Crippen molar-refractivity contribution in [1.29, 1.82) is 0 Å². The molecule has 0 aromatic rings. The molecular formula is C11H20O3. The molecule has 0 aromatic carbocycles. The molecule has 1 fully saturated rings. The fourth-order valence-electron chi connectivity index (χ4n) is 2.03. The van der Waals surface area contributed by atoms with Crippen molar-refractivity contribution >= 4 is 5.78 Å². The first-order valence-electron chi connectivity index (χ1n) is 5.42. The quantitative estimate of drug-likeness (QED) is 0.657. The van der Waals surface area contributed by atoms with E-state index in [4.69, 9.17) is 0 Å². The van der Waals surface area contributed by atoms with Crippen LogP contribution in [0, 0.1) is 11.8 Å². The summed E-state index contributed by atoms with van der Waals surface area (Å²) in [6.45, 7) is 3.81. The molecule has 1 aliphatic carbocycles. The molecule has 2 N–H and O–H groups in total. The minimum absolute atomic E-state index is 0.0433. The molecule has 2 atom stereocenters. The third-order valence-corrected chi connectivity index (χ3v) is 3.04. The molecule has 0 aliphatic heterocycles. The highest BCUT2D eigenvalue weighted by atomic mass is 16.3. The van der Waals surface area contributed by atoms with Crippen LogP contribution in [0.4, 0.5) is 0 Å². The second-order valence-electron chi connectivity index (χ2n) is 4.54. The third-order valence-electron chi connectivity index (χ3n) is 3.04. The summed E-state index contributed by atoms with van der Waals surface area (Å²) in [7, 11) is 0. The number of hydrogen-bond donors (Lipinski definition) is 2. The topological polar surface area (TPSA) is 57.5 Å². The molecule has 0 bridgehead atoms. The number of hydrogen-bond acceptors (Lipinski definition) is 3. The Hall–Kier alpha value is -0.410. The molecule has 1 rings (SSSR count). The molecular weight excluding hydrogens is 180 g/mol. The SMILES string of the molecule is CC(C)C(=O)C1CCC(O)C(O)CC1. The lowest BCUT2D eigenvalue weighted by Crippen LogP contribution is -2.23. The summed E-state index contributed by atoms with van der Waals surface area (Å²) in [4.78, 5) is 11.7. The third kappa shape index (κ3) is 2.79. The molecule has 82 valence electrons. The first kappa shape index (κ1) is 11.7. The van der Waals surface area contributed by atoms with Crippen molar-refractivity contribution in [2.45, 2.75) is 51.7 Å². The summed E-state index contributed by atoms with van der Waals surface area (Å²) in [5.74, 6) is 0.375. The summed E-state index contributed by atoms with van der Waals surface area (Å²) < 4.78 is 0. The maximum absolute atomic E-state index is 11.7. The number of rotatable bonds is 2. The number of Topliss-reactive ketones (excluding diaryl/α,β-unsaturated/α-hetero) is 1. The Morgan fingerprint density at radius 1 is 1.07 bits per heavy atom. The van der Waals surface area contributed by atoms with Gasteiger partial charge in [0.1, 0.15) is 5.78 Å². The molecule has 0 radical (unpaired) electrons. The van der Waals surface area contributed by atoms with Gasteiger partial charge in [-0.3, -0.25) is 4.79 Å². The van der Waals surface area contributed by atoms with Crippen molar-refractivity contribution in [2.75, 3.05) is 0 Å². The number of carbonyl (C=O) groups excluding carboxylic acids is 1. The molecule has 0 amide bonds. The van der Waals surface area contributed by atoms with Crippen LogP contribution < -0.4 is 0 Å². The summed E-state index contributed by atoms with van der Waals surface area (Å²) >= 11 is 0. The van der Waals surface area contributed by atoms with Crippen molar-refractivity contribution in [2.24, 2.45) is 11.8 Å². The van der Waals surface area contributed by atoms with E-state index >= 15 is 0 Å². The smallest absolute Gasteiger partial charge is 0.138 e. The monoisotopic (exact) mass is 200 g/mol. The van der Waals surface area contributed by atoms with Crippen LogP contribution in [0.5, 0.6) is 0 Å². The van der Waals surface area contributed by atoms with E-state index in [1.807, 2.05) is 13.8 Å². The van der Waals surface area contributed by atoms with Gasteiger partial charge in [-0.05, 0) is 25.7 Å². The molecule has 3 heteroatoms. The molecule has 1 saturated carbocycles. The van der Waals surface area contributed by atoms with Gasteiger partial charge >= 0.3 is 0 Å². The van der Waals surface area contributed by atoms with E-state index in [0.717, 1.165) is 12.8 Å². The van der Waals surface area contributed by atoms with E-state index in [0.29, 0.717) is 12.8 Å². The number of carbonyl (C=O) groups is 1. The Morgan fingerprint density at radius 2 is 1.50 bits per heavy atom. The van der Waals surface area contributed by atoms with Crippen molar-refractivity contribution in [1.82, 2.24) is 0 Å². The maximum atomic E-state index is 11.7. The summed E-state index contributed by atoms with van der Waals surface area (Å²) in [6.07, 6.45) is 1.25. The summed E-state index contributed by atoms with van der Waals surface area (Å²) in [5.41, 5.74) is 0. The average Bonchev–Trinajstić information content (AvgIpc) is 2.30. The van der Waals surface area contributed by atoms with Gasteiger partial charge in [-0.15, -0.1) is 0 Å². The van der Waals surface area contributed by atoms with Gasteiger partial charge in [0.05, 0.1) is 12.2 Å². The maximum Gasteiger partial charge on any atom is 0.138 e. The second-order valence-corrected chi connectivity index (χ2v) is 4.54. The zero-order valence-corrected chi connectivity index (χ0v) is 8.94. The normalized spacial score (nSPS) is 34.2. The lowest BCUT2D eigenvalue weighted by Gasteiger charge is -2.14. The minimum atomic E-state index is -0.639. The Morgan fingerprint density at radius 3 is 1.86 bits per heavy atom. The zero-order chi connectivity index (χ0) is 10.7. The lowest BCUT2D eigenvalue weighted by molar-refractivity contribution is -0.126. The van der Waals surface area contributed by atoms with Gasteiger partial charge in [0.25, 0.3) is 0 Å². The first-order chi connectivity index (χ1) is 6.52. The molecule has 1 aliphatic rings. The Kier molecular flexibility index (Phi) is 4.08. The molecule has 0 heterocycles. The lowest BCUT2D eigenvalue weighted by atomic mass is 9.89. The number of aliphatic hydroxyl groups excluding tert-OH is 2. The van der Waals surface area contributed by atoms with Crippen molar-refractivity contribution in [3.63, 3.8) is 0 Å². The van der Waals surface area contributed by atoms with E-state index in [1.165, 1.54) is 0 Å². The minimum Gasteiger partial charge on any atom is -0.390 e. The van der Waals surface area contributed by atoms with Gasteiger partial charge in [0.2, 0.25) is 0 Å². The molecule has 2 unspecified atom stereocenters. The van der Waals surface area contributed by atoms with Crippen LogP contribution in [-0.2, 0) is 4.79 Å². The van der Waals surface area contributed by atoms with Gasteiger partial charge in [0.15, 0.2) is 0 Å². The van der Waals surface area contributed by atoms with Crippen LogP contribution >= 0.6 is 0 Å². The van der Waals surface area contributed by atoms with Crippen molar-refractivity contribution in [3.05, 3.63) is 0 Å². The van der Waals surface area contributed by atoms with E-state index in [2.05, 4.69) is 0 Å². The van der Waals surface area contributed by atoms with E-state index in [-0.39, 0.29) is 17.6 Å². The van der Waals surface area contributed by atoms with Crippen LogP contribution in [0.3, 0.4) is 0 Å². The van der Waals surface area contributed by atoms with Gasteiger partial charge in [-0.1, -0.05) is 13.8 Å². The van der Waals surface area contributed by atoms with Crippen LogP contribution in [0.1, 0.15) is 39.5 Å². The predicted octanol–water partition coefficient (Wildman–Crippen LogP) is 1.12. The summed E-state index contributed by atoms with van der Waals surface area (Å²) in [6, 6.07) is 0. The summed E-state index contributed by atoms with van der Waals surface area (Å²) in [5, 5.41) is 18.9. The Labute approximate surface area is 85.1 Å². The molecule has 0 spiro atoms. The van der Waals surface area contributed by atoms with Gasteiger partial charge < -0.3 is 10.2 Å². The van der Waals surface area contributed by atoms with Crippen molar-refractivity contribution in [3.8, 4) is 0 Å². The number of aliphatic hydroxyl groups is 2. The van der Waals surface area contributed by atoms with E-state index < -0.39 is 12.2 Å². The highest BCUT2D eigenvalue weighted by Crippen LogP contribution is 2.26. The predicted molar refractivity (Wildman–Crippen MR) is 53.8 cm³/mol. The highest BCUT2D eigenvalue weighted by molar-refractivity contribution is 5.82. The van der Waals surface area contributed by atoms with Gasteiger partial charge in [0, 0.05) is 11.8 Å². The number of ketones is 1. The fraction of sp³-hybridized carbons (Fsp3) is 0.909. The Bertz CT molecular complexity index is 189. The molecule has 14 heavy (non-hydrogen) atoms. The second kappa shape index (κ2) is 4.89. The molecule has 0 aromatic heterocycles. The Balaban J connectivity index is 2.53. The van der Waals surface area contributed by atoms with Crippen molar-refractivity contribution < 1.29 is 15.0 Å². The zero-order valence-electron chi connectivity index (χ0n) is 8.94. The largest absolute Gasteiger partial charge is 0.390 e. The first-order valence-corrected chi connectivity index (χ1v) is 5.42. The van der Waals surface area contributed by atoms with Gasteiger partial charge in [-0.2, -0.15) is 0 Å². The average molecular weight is 200 g/mol. The van der Waals surface area contributed by atoms with Crippen LogP contribution in [-0.4, -0.2) is 28.2 Å². The van der Waals surface area contributed by atoms with Crippen LogP contribution in [0.2, 0.25) is 0 Å². The van der Waals surface area contributed by atoms with E-state index in [1.54, 1.807) is 0 Å². The molecule has 0 saturated heterocycles. The van der Waals surface area contributed by atoms with Crippen LogP contribution in [0.25, 0.3) is 0 Å². The standard InChI is InChI=1S/C11H20O3/c1-7(2)11(14)8-3-5-9(12)10(13)6-4-8/h7-10,12-13H,3-6H2,1-2H3. The van der Waals surface area contributed by atoms with Crippen LogP contribution in [0.15, 0.2) is 0 Å². The molecule has 3 nitrogen and oxygen atoms in total. The fourth-order valence-corrected chi connectivity index (χ4v) is 2.03. The van der Waals surface area contributed by atoms with E-state index in [9.17, 15) is 15.0 Å².